The number of rotatable bonds is 5. The lowest BCUT2D eigenvalue weighted by atomic mass is 10.1. The summed E-state index contributed by atoms with van der Waals surface area (Å²) in [6, 6.07) is 3.77. The van der Waals surface area contributed by atoms with Crippen molar-refractivity contribution in [2.24, 2.45) is 0 Å². The summed E-state index contributed by atoms with van der Waals surface area (Å²) in [4.78, 5) is 4.42. The molecule has 0 amide bonds. The number of likely N-dealkylation sites (N-methyl/N-ethyl adjacent to an activating group) is 1. The number of nitrogens with zero attached hydrogens (tertiary/aromatic N) is 1. The summed E-state index contributed by atoms with van der Waals surface area (Å²) in [6.07, 6.45) is 1.74. The molecule has 0 aliphatic carbocycles. The fourth-order valence-electron chi connectivity index (χ4n) is 2.13. The molecule has 2 rings (SSSR count). The number of hydrogen-bond acceptors (Lipinski definition) is 5. The molecule has 0 radical (unpaired) electrons. The quantitative estimate of drug-likeness (QED) is 0.852. The minimum atomic E-state index is -0.0255. The Labute approximate surface area is 107 Å². The number of methoxy groups -OCH3 is 1. The maximum Gasteiger partial charge on any atom is 0.142 e. The topological polar surface area (TPSA) is 52.6 Å². The third-order valence-corrected chi connectivity index (χ3v) is 2.95. The minimum Gasteiger partial charge on any atom is -0.495 e. The molecule has 1 aliphatic heterocycles. The van der Waals surface area contributed by atoms with Gasteiger partial charge in [0.05, 0.1) is 33.0 Å². The summed E-state index contributed by atoms with van der Waals surface area (Å²) in [6.45, 7) is 4.77. The molecule has 1 aromatic rings. The highest BCUT2D eigenvalue weighted by Crippen LogP contribution is 2.27. The molecule has 2 unspecified atom stereocenters. The Balaban J connectivity index is 2.22. The highest BCUT2D eigenvalue weighted by Gasteiger charge is 2.29. The van der Waals surface area contributed by atoms with Crippen molar-refractivity contribution in [2.75, 3.05) is 33.5 Å². The van der Waals surface area contributed by atoms with E-state index in [-0.39, 0.29) is 12.1 Å². The second-order valence-corrected chi connectivity index (χ2v) is 4.11. The molecule has 5 nitrogen and oxygen atoms in total. The van der Waals surface area contributed by atoms with Gasteiger partial charge in [0, 0.05) is 6.20 Å². The van der Waals surface area contributed by atoms with Crippen LogP contribution in [-0.4, -0.2) is 44.6 Å². The Morgan fingerprint density at radius 2 is 2.44 bits per heavy atom. The molecule has 1 aromatic heterocycles. The lowest BCUT2D eigenvalue weighted by molar-refractivity contribution is -0.103. The largest absolute Gasteiger partial charge is 0.495 e. The summed E-state index contributed by atoms with van der Waals surface area (Å²) < 4.78 is 16.6. The molecule has 100 valence electrons. The standard InChI is InChI=1S/C13H20N2O3/c1-3-14-13(11-9-17-7-8-18-11)12-10(16-2)5-4-6-15-12/h4-6,11,13-14H,3,7-9H2,1-2H3. The smallest absolute Gasteiger partial charge is 0.142 e. The molecule has 0 aromatic carbocycles. The number of ether oxygens (including phenoxy) is 3. The Morgan fingerprint density at radius 3 is 3.11 bits per heavy atom. The summed E-state index contributed by atoms with van der Waals surface area (Å²) in [7, 11) is 1.65. The van der Waals surface area contributed by atoms with Crippen LogP contribution in [-0.2, 0) is 9.47 Å². The van der Waals surface area contributed by atoms with Gasteiger partial charge < -0.3 is 19.5 Å². The van der Waals surface area contributed by atoms with Crippen molar-refractivity contribution in [1.29, 1.82) is 0 Å². The number of hydrogen-bond donors (Lipinski definition) is 1. The third-order valence-electron chi connectivity index (χ3n) is 2.95. The maximum absolute atomic E-state index is 5.76. The first kappa shape index (κ1) is 13.3. The van der Waals surface area contributed by atoms with Gasteiger partial charge in [-0.3, -0.25) is 4.98 Å². The van der Waals surface area contributed by atoms with E-state index >= 15 is 0 Å². The molecule has 1 aliphatic rings. The van der Waals surface area contributed by atoms with Crippen molar-refractivity contribution in [3.05, 3.63) is 24.0 Å². The van der Waals surface area contributed by atoms with Crippen molar-refractivity contribution in [2.45, 2.75) is 19.1 Å². The second-order valence-electron chi connectivity index (χ2n) is 4.11. The van der Waals surface area contributed by atoms with Crippen LogP contribution >= 0.6 is 0 Å². The van der Waals surface area contributed by atoms with Crippen LogP contribution in [0.1, 0.15) is 18.7 Å². The second kappa shape index (κ2) is 6.68. The van der Waals surface area contributed by atoms with Crippen LogP contribution in [0.2, 0.25) is 0 Å². The van der Waals surface area contributed by atoms with E-state index < -0.39 is 0 Å². The molecular weight excluding hydrogens is 232 g/mol. The summed E-state index contributed by atoms with van der Waals surface area (Å²) >= 11 is 0. The predicted octanol–water partition coefficient (Wildman–Crippen LogP) is 1.16. The zero-order chi connectivity index (χ0) is 12.8. The van der Waals surface area contributed by atoms with Crippen LogP contribution in [0.5, 0.6) is 5.75 Å². The fourth-order valence-corrected chi connectivity index (χ4v) is 2.13. The van der Waals surface area contributed by atoms with Gasteiger partial charge in [-0.15, -0.1) is 0 Å². The van der Waals surface area contributed by atoms with Crippen molar-refractivity contribution < 1.29 is 14.2 Å². The van der Waals surface area contributed by atoms with E-state index in [1.165, 1.54) is 0 Å². The lowest BCUT2D eigenvalue weighted by Crippen LogP contribution is -2.41. The molecule has 0 spiro atoms. The number of aromatic nitrogens is 1. The van der Waals surface area contributed by atoms with Gasteiger partial charge in [-0.25, -0.2) is 0 Å². The number of pyridine rings is 1. The summed E-state index contributed by atoms with van der Waals surface area (Å²) in [5, 5.41) is 3.40. The van der Waals surface area contributed by atoms with Crippen LogP contribution in [0.25, 0.3) is 0 Å². The number of nitrogens with one attached hydrogen (secondary N) is 1. The average Bonchev–Trinajstić information content (AvgIpc) is 2.46. The van der Waals surface area contributed by atoms with E-state index in [2.05, 4.69) is 17.2 Å². The van der Waals surface area contributed by atoms with Crippen molar-refractivity contribution >= 4 is 0 Å². The molecule has 1 N–H and O–H groups in total. The van der Waals surface area contributed by atoms with E-state index in [1.807, 2.05) is 12.1 Å². The molecule has 1 fully saturated rings. The van der Waals surface area contributed by atoms with Gasteiger partial charge in [0.2, 0.25) is 0 Å². The predicted molar refractivity (Wildman–Crippen MR) is 67.8 cm³/mol. The Kier molecular flexibility index (Phi) is 4.92. The van der Waals surface area contributed by atoms with E-state index in [0.29, 0.717) is 19.8 Å². The Hall–Kier alpha value is -1.17. The van der Waals surface area contributed by atoms with Crippen LogP contribution in [0.15, 0.2) is 18.3 Å². The molecule has 0 bridgehead atoms. The molecule has 0 saturated carbocycles. The maximum atomic E-state index is 5.76. The van der Waals surface area contributed by atoms with Crippen LogP contribution in [0, 0.1) is 0 Å². The van der Waals surface area contributed by atoms with E-state index in [9.17, 15) is 0 Å². The monoisotopic (exact) mass is 252 g/mol. The first-order valence-electron chi connectivity index (χ1n) is 6.28. The van der Waals surface area contributed by atoms with Gasteiger partial charge in [0.15, 0.2) is 0 Å². The lowest BCUT2D eigenvalue weighted by Gasteiger charge is -2.31. The van der Waals surface area contributed by atoms with Gasteiger partial charge in [-0.2, -0.15) is 0 Å². The van der Waals surface area contributed by atoms with Crippen molar-refractivity contribution in [3.63, 3.8) is 0 Å². The highest BCUT2D eigenvalue weighted by atomic mass is 16.6. The highest BCUT2D eigenvalue weighted by molar-refractivity contribution is 5.30. The normalized spacial score (nSPS) is 21.6. The molecule has 5 heteroatoms. The van der Waals surface area contributed by atoms with Crippen LogP contribution in [0.3, 0.4) is 0 Å². The van der Waals surface area contributed by atoms with E-state index in [1.54, 1.807) is 13.3 Å². The molecule has 2 heterocycles. The molecular formula is C13H20N2O3. The zero-order valence-electron chi connectivity index (χ0n) is 10.9. The first-order chi connectivity index (χ1) is 8.86. The average molecular weight is 252 g/mol. The van der Waals surface area contributed by atoms with Gasteiger partial charge in [-0.1, -0.05) is 6.92 Å². The summed E-state index contributed by atoms with van der Waals surface area (Å²) in [5.41, 5.74) is 0.873. The van der Waals surface area contributed by atoms with Crippen LogP contribution < -0.4 is 10.1 Å². The molecule has 1 saturated heterocycles. The van der Waals surface area contributed by atoms with Crippen molar-refractivity contribution in [1.82, 2.24) is 10.3 Å². The Bertz CT molecular complexity index is 367. The summed E-state index contributed by atoms with van der Waals surface area (Å²) in [5.74, 6) is 0.776. The third kappa shape index (κ3) is 2.98. The SMILES string of the molecule is CCNC(c1ncccc1OC)C1COCCO1. The minimum absolute atomic E-state index is 0.00792. The van der Waals surface area contributed by atoms with Crippen LogP contribution in [0.4, 0.5) is 0 Å². The molecule has 18 heavy (non-hydrogen) atoms. The fraction of sp³-hybridized carbons (Fsp3) is 0.615. The Morgan fingerprint density at radius 1 is 1.56 bits per heavy atom. The van der Waals surface area contributed by atoms with Gasteiger partial charge in [-0.05, 0) is 18.7 Å². The van der Waals surface area contributed by atoms with Gasteiger partial charge in [0.1, 0.15) is 17.5 Å². The van der Waals surface area contributed by atoms with E-state index in [4.69, 9.17) is 14.2 Å². The van der Waals surface area contributed by atoms with Gasteiger partial charge >= 0.3 is 0 Å². The van der Waals surface area contributed by atoms with Gasteiger partial charge in [0.25, 0.3) is 0 Å². The first-order valence-corrected chi connectivity index (χ1v) is 6.28. The molecule has 2 atom stereocenters. The van der Waals surface area contributed by atoms with E-state index in [0.717, 1.165) is 18.0 Å². The van der Waals surface area contributed by atoms with Crippen molar-refractivity contribution in [3.8, 4) is 5.75 Å². The zero-order valence-corrected chi connectivity index (χ0v) is 10.9.